The molecule has 0 atom stereocenters. The first-order valence-electron chi connectivity index (χ1n) is 9.22. The highest BCUT2D eigenvalue weighted by Gasteiger charge is 2.26. The Balaban J connectivity index is 1.61. The number of aliphatic hydroxyl groups excluding tert-OH is 1. The van der Waals surface area contributed by atoms with Crippen molar-refractivity contribution in [3.05, 3.63) is 24.0 Å². The van der Waals surface area contributed by atoms with E-state index in [1.807, 2.05) is 26.1 Å². The van der Waals surface area contributed by atoms with Crippen molar-refractivity contribution in [1.29, 1.82) is 0 Å². The molecular weight excluding hydrogens is 346 g/mol. The van der Waals surface area contributed by atoms with Gasteiger partial charge in [-0.3, -0.25) is 0 Å². The van der Waals surface area contributed by atoms with Crippen LogP contribution in [0.25, 0.3) is 0 Å². The molecule has 2 aromatic rings. The van der Waals surface area contributed by atoms with Crippen molar-refractivity contribution in [3.8, 4) is 11.6 Å². The number of hydrogen-bond donors (Lipinski definition) is 3. The van der Waals surface area contributed by atoms with Gasteiger partial charge in [-0.2, -0.15) is 4.98 Å². The Morgan fingerprint density at radius 3 is 2.78 bits per heavy atom. The summed E-state index contributed by atoms with van der Waals surface area (Å²) in [6.07, 6.45) is 5.38. The second-order valence-electron chi connectivity index (χ2n) is 6.81. The van der Waals surface area contributed by atoms with Crippen LogP contribution in [0.5, 0.6) is 11.6 Å². The predicted molar refractivity (Wildman–Crippen MR) is 104 cm³/mol. The van der Waals surface area contributed by atoms with Gasteiger partial charge in [-0.15, -0.1) is 0 Å². The Morgan fingerprint density at radius 2 is 2.07 bits per heavy atom. The Morgan fingerprint density at radius 1 is 1.26 bits per heavy atom. The van der Waals surface area contributed by atoms with E-state index in [0.717, 1.165) is 42.9 Å². The van der Waals surface area contributed by atoms with Gasteiger partial charge in [0.25, 0.3) is 5.88 Å². The molecule has 0 unspecified atom stereocenters. The van der Waals surface area contributed by atoms with Gasteiger partial charge in [0, 0.05) is 24.9 Å². The molecule has 8 heteroatoms. The maximum absolute atomic E-state index is 9.35. The molecule has 3 N–H and O–H groups in total. The van der Waals surface area contributed by atoms with Crippen LogP contribution in [0.1, 0.15) is 31.4 Å². The van der Waals surface area contributed by atoms with E-state index in [2.05, 4.69) is 25.6 Å². The molecule has 0 amide bonds. The fraction of sp³-hybridized carbons (Fsp3) is 0.526. The van der Waals surface area contributed by atoms with Gasteiger partial charge in [-0.1, -0.05) is 0 Å². The molecule has 0 aliphatic heterocycles. The zero-order valence-electron chi connectivity index (χ0n) is 16.0. The van der Waals surface area contributed by atoms with Crippen molar-refractivity contribution < 1.29 is 14.6 Å². The van der Waals surface area contributed by atoms with E-state index in [1.54, 1.807) is 13.3 Å². The second kappa shape index (κ2) is 8.85. The molecule has 0 aromatic carbocycles. The third-order valence-corrected chi connectivity index (χ3v) is 4.60. The van der Waals surface area contributed by atoms with Crippen LogP contribution >= 0.6 is 0 Å². The molecule has 146 valence electrons. The summed E-state index contributed by atoms with van der Waals surface area (Å²) in [6.45, 7) is 2.49. The van der Waals surface area contributed by atoms with Crippen molar-refractivity contribution in [2.24, 2.45) is 5.92 Å². The van der Waals surface area contributed by atoms with E-state index in [0.29, 0.717) is 30.1 Å². The van der Waals surface area contributed by atoms with Crippen LogP contribution in [0.3, 0.4) is 0 Å². The summed E-state index contributed by atoms with van der Waals surface area (Å²) in [5.41, 5.74) is 1.58. The number of pyridine rings is 1. The van der Waals surface area contributed by atoms with E-state index in [9.17, 15) is 5.11 Å². The van der Waals surface area contributed by atoms with E-state index in [-0.39, 0.29) is 6.10 Å². The highest BCUT2D eigenvalue weighted by molar-refractivity contribution is 5.58. The van der Waals surface area contributed by atoms with Crippen molar-refractivity contribution in [2.45, 2.75) is 38.7 Å². The van der Waals surface area contributed by atoms with Gasteiger partial charge < -0.3 is 25.2 Å². The Bertz CT molecular complexity index is 765. The van der Waals surface area contributed by atoms with Gasteiger partial charge in [0.05, 0.1) is 31.7 Å². The normalized spacial score (nSPS) is 18.5. The minimum Gasteiger partial charge on any atom is -0.488 e. The second-order valence-corrected chi connectivity index (χ2v) is 6.81. The molecule has 2 aromatic heterocycles. The maximum Gasteiger partial charge on any atom is 0.256 e. The molecule has 0 bridgehead atoms. The maximum atomic E-state index is 9.35. The molecule has 0 radical (unpaired) electrons. The van der Waals surface area contributed by atoms with Gasteiger partial charge in [0.2, 0.25) is 5.95 Å². The molecule has 8 nitrogen and oxygen atoms in total. The molecule has 0 spiro atoms. The molecule has 1 saturated carbocycles. The SMILES string of the molecule is CNc1cc(C)nc(Nc2cnc(OC)c(OCCCC3CC(O)C3)c2)n1. The van der Waals surface area contributed by atoms with Crippen molar-refractivity contribution >= 4 is 17.5 Å². The summed E-state index contributed by atoms with van der Waals surface area (Å²) < 4.78 is 11.2. The smallest absolute Gasteiger partial charge is 0.256 e. The van der Waals surface area contributed by atoms with Crippen LogP contribution < -0.4 is 20.1 Å². The number of aliphatic hydroxyl groups is 1. The Labute approximate surface area is 159 Å². The molecular formula is C19H27N5O3. The zero-order valence-corrected chi connectivity index (χ0v) is 16.0. The van der Waals surface area contributed by atoms with Crippen molar-refractivity contribution in [1.82, 2.24) is 15.0 Å². The predicted octanol–water partition coefficient (Wildman–Crippen LogP) is 2.90. The summed E-state index contributed by atoms with van der Waals surface area (Å²) in [4.78, 5) is 13.1. The quantitative estimate of drug-likeness (QED) is 0.577. The van der Waals surface area contributed by atoms with E-state index in [1.165, 1.54) is 0 Å². The largest absolute Gasteiger partial charge is 0.488 e. The average Bonchev–Trinajstić information content (AvgIpc) is 2.63. The zero-order chi connectivity index (χ0) is 19.2. The van der Waals surface area contributed by atoms with E-state index >= 15 is 0 Å². The van der Waals surface area contributed by atoms with Crippen LogP contribution in [0, 0.1) is 12.8 Å². The highest BCUT2D eigenvalue weighted by atomic mass is 16.5. The molecule has 1 aliphatic rings. The first-order valence-corrected chi connectivity index (χ1v) is 9.22. The number of rotatable bonds is 9. The third-order valence-electron chi connectivity index (χ3n) is 4.60. The van der Waals surface area contributed by atoms with E-state index < -0.39 is 0 Å². The Hall–Kier alpha value is -2.61. The van der Waals surface area contributed by atoms with Crippen LogP contribution in [0.4, 0.5) is 17.5 Å². The molecule has 1 aliphatic carbocycles. The van der Waals surface area contributed by atoms with Crippen LogP contribution in [-0.2, 0) is 0 Å². The number of aryl methyl sites for hydroxylation is 1. The minimum atomic E-state index is -0.102. The number of nitrogens with zero attached hydrogens (tertiary/aromatic N) is 3. The summed E-state index contributed by atoms with van der Waals surface area (Å²) in [5, 5.41) is 15.5. The monoisotopic (exact) mass is 373 g/mol. The van der Waals surface area contributed by atoms with Gasteiger partial charge in [-0.05, 0) is 38.5 Å². The minimum absolute atomic E-state index is 0.102. The number of nitrogens with one attached hydrogen (secondary N) is 2. The first-order chi connectivity index (χ1) is 13.1. The van der Waals surface area contributed by atoms with Crippen LogP contribution in [-0.4, -0.2) is 46.9 Å². The lowest BCUT2D eigenvalue weighted by atomic mass is 9.79. The first kappa shape index (κ1) is 19.2. The lowest BCUT2D eigenvalue weighted by Gasteiger charge is -2.31. The standard InChI is InChI=1S/C19H27N5O3/c1-12-7-17(20-2)24-19(22-12)23-14-10-16(18(26-3)21-11-14)27-6-4-5-13-8-15(25)9-13/h7,10-11,13,15,25H,4-6,8-9H2,1-3H3,(H2,20,22,23,24). The van der Waals surface area contributed by atoms with Gasteiger partial charge in [0.1, 0.15) is 5.82 Å². The number of ether oxygens (including phenoxy) is 2. The lowest BCUT2D eigenvalue weighted by molar-refractivity contribution is 0.0366. The van der Waals surface area contributed by atoms with Crippen LogP contribution in [0.2, 0.25) is 0 Å². The third kappa shape index (κ3) is 5.19. The summed E-state index contributed by atoms with van der Waals surface area (Å²) >= 11 is 0. The molecule has 0 saturated heterocycles. The lowest BCUT2D eigenvalue weighted by Crippen LogP contribution is -2.28. The van der Waals surface area contributed by atoms with E-state index in [4.69, 9.17) is 9.47 Å². The van der Waals surface area contributed by atoms with Gasteiger partial charge in [-0.25, -0.2) is 9.97 Å². The average molecular weight is 373 g/mol. The van der Waals surface area contributed by atoms with Gasteiger partial charge in [0.15, 0.2) is 5.75 Å². The highest BCUT2D eigenvalue weighted by Crippen LogP contribution is 2.32. The Kier molecular flexibility index (Phi) is 6.28. The summed E-state index contributed by atoms with van der Waals surface area (Å²) in [7, 11) is 3.39. The van der Waals surface area contributed by atoms with Crippen molar-refractivity contribution in [3.63, 3.8) is 0 Å². The molecule has 27 heavy (non-hydrogen) atoms. The van der Waals surface area contributed by atoms with Crippen molar-refractivity contribution in [2.75, 3.05) is 31.4 Å². The van der Waals surface area contributed by atoms with Gasteiger partial charge >= 0.3 is 0 Å². The number of methoxy groups -OCH3 is 1. The van der Waals surface area contributed by atoms with Crippen LogP contribution in [0.15, 0.2) is 18.3 Å². The number of aromatic nitrogens is 3. The molecule has 3 rings (SSSR count). The summed E-state index contributed by atoms with van der Waals surface area (Å²) in [5.74, 6) is 2.87. The summed E-state index contributed by atoms with van der Waals surface area (Å²) in [6, 6.07) is 3.71. The molecule has 1 fully saturated rings. The number of hydrogen-bond acceptors (Lipinski definition) is 8. The fourth-order valence-electron chi connectivity index (χ4n) is 3.13. The number of anilines is 3. The molecule has 2 heterocycles. The topological polar surface area (TPSA) is 101 Å². The fourth-order valence-corrected chi connectivity index (χ4v) is 3.13.